The number of ether oxygens (including phenoxy) is 1. The first-order chi connectivity index (χ1) is 28.1. The van der Waals surface area contributed by atoms with Crippen LogP contribution >= 0.6 is 0 Å². The van der Waals surface area contributed by atoms with Crippen molar-refractivity contribution in [1.29, 1.82) is 0 Å². The number of ketones is 1. The minimum absolute atomic E-state index is 0.00121. The van der Waals surface area contributed by atoms with Crippen LogP contribution < -0.4 is 0 Å². The van der Waals surface area contributed by atoms with Gasteiger partial charge < -0.3 is 30.3 Å². The fourth-order valence-electron chi connectivity index (χ4n) is 8.33. The van der Waals surface area contributed by atoms with Crippen LogP contribution in [0.5, 0.6) is 0 Å². The average molecular weight is 833 g/mol. The Kier molecular flexibility index (Phi) is 24.2. The molecule has 0 saturated heterocycles. The van der Waals surface area contributed by atoms with Crippen molar-refractivity contribution >= 4 is 17.7 Å². The number of carbonyl (C=O) groups is 3. The number of Topliss-reactive ketones (excluding diaryl/α,β-unsaturated/α-hetero) is 1. The van der Waals surface area contributed by atoms with Crippen LogP contribution in [0.2, 0.25) is 0 Å². The predicted octanol–water partition coefficient (Wildman–Crippen LogP) is 10.0. The zero-order valence-electron chi connectivity index (χ0n) is 35.8. The van der Waals surface area contributed by atoms with Gasteiger partial charge in [-0.25, -0.2) is 8.78 Å². The molecule has 0 aromatic rings. The van der Waals surface area contributed by atoms with Crippen molar-refractivity contribution in [3.8, 4) is 0 Å². The van der Waals surface area contributed by atoms with Crippen molar-refractivity contribution in [2.45, 2.75) is 185 Å². The topological polar surface area (TPSA) is 162 Å². The number of carboxylic acids is 1. The smallest absolute Gasteiger partial charge is 0.306 e. The van der Waals surface area contributed by atoms with E-state index in [2.05, 4.69) is 27.0 Å². The lowest BCUT2D eigenvalue weighted by Crippen LogP contribution is -2.35. The van der Waals surface area contributed by atoms with Crippen molar-refractivity contribution in [1.82, 2.24) is 0 Å². The fraction of sp³-hybridized carbons (Fsp3) is 0.688. The van der Waals surface area contributed by atoms with Crippen LogP contribution in [0.15, 0.2) is 73.4 Å². The Balaban J connectivity index is 2.00. The van der Waals surface area contributed by atoms with Gasteiger partial charge in [-0.15, -0.1) is 0 Å². The van der Waals surface area contributed by atoms with E-state index in [1.165, 1.54) is 0 Å². The van der Waals surface area contributed by atoms with E-state index in [9.17, 15) is 39.2 Å². The number of carbonyl (C=O) groups excluding carboxylic acids is 2. The highest BCUT2D eigenvalue weighted by Gasteiger charge is 2.41. The summed E-state index contributed by atoms with van der Waals surface area (Å²) >= 11 is 0. The number of aliphatic carboxylic acids is 1. The molecule has 0 spiro atoms. The number of aliphatic hydroxyl groups is 4. The van der Waals surface area contributed by atoms with Crippen LogP contribution in [0.25, 0.3) is 0 Å². The zero-order valence-corrected chi connectivity index (χ0v) is 35.8. The van der Waals surface area contributed by atoms with Gasteiger partial charge in [0.05, 0.1) is 18.3 Å². The monoisotopic (exact) mass is 833 g/mol. The number of hydrogen-bond acceptors (Lipinski definition) is 8. The van der Waals surface area contributed by atoms with Crippen LogP contribution in [-0.2, 0) is 19.1 Å². The van der Waals surface area contributed by atoms with Crippen LogP contribution in [-0.4, -0.2) is 72.8 Å². The Hall–Kier alpha value is -3.25. The van der Waals surface area contributed by atoms with E-state index in [0.29, 0.717) is 51.4 Å². The molecule has 0 aromatic heterocycles. The predicted molar refractivity (Wildman–Crippen MR) is 228 cm³/mol. The number of unbranched alkanes of at least 4 members (excludes halogenated alkanes) is 8. The van der Waals surface area contributed by atoms with Gasteiger partial charge in [0.1, 0.15) is 23.0 Å². The molecule has 2 aliphatic rings. The molecule has 0 bridgehead atoms. The molecular formula is C48H74F2O9. The number of aliphatic hydroxyl groups excluding tert-OH is 3. The number of hydrogen-bond donors (Lipinski definition) is 5. The van der Waals surface area contributed by atoms with E-state index in [1.54, 1.807) is 24.3 Å². The first-order valence-electron chi connectivity index (χ1n) is 22.2. The first kappa shape index (κ1) is 51.9. The molecule has 0 aromatic carbocycles. The Morgan fingerprint density at radius 1 is 0.729 bits per heavy atom. The van der Waals surface area contributed by atoms with E-state index in [1.807, 2.05) is 24.3 Å². The number of halogens is 2. The maximum Gasteiger partial charge on any atom is 0.306 e. The van der Waals surface area contributed by atoms with Gasteiger partial charge in [0.25, 0.3) is 0 Å². The Bertz CT molecular complexity index is 1440. The Labute approximate surface area is 352 Å². The molecular weight excluding hydrogens is 759 g/mol. The summed E-state index contributed by atoms with van der Waals surface area (Å²) < 4.78 is 35.5. The molecule has 2 saturated carbocycles. The molecule has 0 radical (unpaired) electrons. The molecule has 11 heteroatoms. The van der Waals surface area contributed by atoms with Crippen LogP contribution in [0, 0.1) is 23.7 Å². The molecule has 0 amide bonds. The van der Waals surface area contributed by atoms with Crippen molar-refractivity contribution in [2.24, 2.45) is 23.7 Å². The van der Waals surface area contributed by atoms with E-state index in [4.69, 9.17) is 9.84 Å². The van der Waals surface area contributed by atoms with E-state index < -0.39 is 64.9 Å². The van der Waals surface area contributed by atoms with E-state index >= 15 is 4.39 Å². The molecule has 2 rings (SSSR count). The second kappa shape index (κ2) is 27.6. The summed E-state index contributed by atoms with van der Waals surface area (Å²) in [6.07, 6.45) is 22.6. The minimum atomic E-state index is -1.66. The lowest BCUT2D eigenvalue weighted by molar-refractivity contribution is -0.158. The lowest BCUT2D eigenvalue weighted by atomic mass is 9.87. The van der Waals surface area contributed by atoms with Crippen LogP contribution in [0.4, 0.5) is 8.78 Å². The first-order valence-corrected chi connectivity index (χ1v) is 22.2. The minimum Gasteiger partial charge on any atom is -0.481 e. The summed E-state index contributed by atoms with van der Waals surface area (Å²) in [6.45, 7) is 11.1. The highest BCUT2D eigenvalue weighted by molar-refractivity contribution is 5.84. The second-order valence-corrected chi connectivity index (χ2v) is 16.8. The number of carboxylic acid groups (broad SMARTS) is 1. The van der Waals surface area contributed by atoms with Crippen molar-refractivity contribution in [3.63, 3.8) is 0 Å². The van der Waals surface area contributed by atoms with Gasteiger partial charge in [0.2, 0.25) is 0 Å². The molecule has 0 heterocycles. The standard InChI is InChI=1S/C48H74F2O9/c1-5-7-9-19-29-47(58,35(3)49)30-21-25-39-37(41(51)33-43(39)53)24-16-12-14-18-28-46(57)59-48(36(4)50,31-20-10-8-6-2)32-22-26-40-38(42(52)34-44(40)54)23-15-11-13-17-27-45(55)56/h11-12,15-16,21-22,25-26,37-41,43-44,51,53-54,58H,3-10,13-14,17-20,23-24,27-34H2,1-2H3,(H,55,56)/b15-11-,16-12?,25-21?,26-22+/t37-,38-,39-,40-,41+,43-,44-,47?,48?/m1/s1. The molecule has 5 N–H and O–H groups in total. The van der Waals surface area contributed by atoms with Gasteiger partial charge in [-0.2, -0.15) is 0 Å². The summed E-state index contributed by atoms with van der Waals surface area (Å²) in [4.78, 5) is 36.7. The normalized spacial score (nSPS) is 25.7. The molecule has 334 valence electrons. The van der Waals surface area contributed by atoms with Gasteiger partial charge in [-0.1, -0.05) is 121 Å². The third kappa shape index (κ3) is 18.1. The summed E-state index contributed by atoms with van der Waals surface area (Å²) in [5.41, 5.74) is -3.25. The fourth-order valence-corrected chi connectivity index (χ4v) is 8.33. The van der Waals surface area contributed by atoms with Crippen molar-refractivity contribution in [2.75, 3.05) is 0 Å². The molecule has 2 aliphatic carbocycles. The molecule has 0 aliphatic heterocycles. The van der Waals surface area contributed by atoms with Gasteiger partial charge in [-0.05, 0) is 63.7 Å². The van der Waals surface area contributed by atoms with Crippen molar-refractivity contribution in [3.05, 3.63) is 73.4 Å². The number of rotatable bonds is 31. The third-order valence-corrected chi connectivity index (χ3v) is 12.1. The molecule has 2 unspecified atom stereocenters. The maximum atomic E-state index is 15.4. The maximum absolute atomic E-state index is 15.4. The van der Waals surface area contributed by atoms with Crippen LogP contribution in [0.1, 0.15) is 155 Å². The highest BCUT2D eigenvalue weighted by Crippen LogP contribution is 2.39. The van der Waals surface area contributed by atoms with E-state index in [-0.39, 0.29) is 69.0 Å². The van der Waals surface area contributed by atoms with Crippen molar-refractivity contribution < 1.29 is 53.4 Å². The lowest BCUT2D eigenvalue weighted by Gasteiger charge is -2.31. The zero-order chi connectivity index (χ0) is 43.8. The molecule has 59 heavy (non-hydrogen) atoms. The van der Waals surface area contributed by atoms with Gasteiger partial charge in [0, 0.05) is 56.3 Å². The average Bonchev–Trinajstić information content (AvgIpc) is 3.60. The van der Waals surface area contributed by atoms with Gasteiger partial charge in [-0.3, -0.25) is 14.4 Å². The highest BCUT2D eigenvalue weighted by atomic mass is 19.1. The molecule has 2 fully saturated rings. The molecule has 9 atom stereocenters. The van der Waals surface area contributed by atoms with Gasteiger partial charge >= 0.3 is 11.9 Å². The summed E-state index contributed by atoms with van der Waals surface area (Å²) in [7, 11) is 0. The van der Waals surface area contributed by atoms with Crippen LogP contribution in [0.3, 0.4) is 0 Å². The quantitative estimate of drug-likeness (QED) is 0.0260. The number of esters is 1. The molecule has 9 nitrogen and oxygen atoms in total. The van der Waals surface area contributed by atoms with E-state index in [0.717, 1.165) is 38.5 Å². The Morgan fingerprint density at radius 3 is 1.93 bits per heavy atom. The number of allylic oxidation sites excluding steroid dienone is 4. The Morgan fingerprint density at radius 2 is 1.32 bits per heavy atom. The summed E-state index contributed by atoms with van der Waals surface area (Å²) in [6, 6.07) is 0. The largest absolute Gasteiger partial charge is 0.481 e. The van der Waals surface area contributed by atoms with Gasteiger partial charge in [0.15, 0.2) is 5.60 Å². The third-order valence-electron chi connectivity index (χ3n) is 12.1. The SMILES string of the molecule is C=C(F)C(O)(CC=C[C@@H]1[C@@H](CC=CCCCC(=O)OC(C/C=C/[C@H]2[C@H](O)CC(=O)[C@@H]2C/C=C\CCCC(=O)O)(CCCCCC)C(=C)F)[C@@H](O)C[C@H]1O)CCCCCC. The summed E-state index contributed by atoms with van der Waals surface area (Å²) in [5.74, 6) is -4.66. The second-order valence-electron chi connectivity index (χ2n) is 16.8. The summed E-state index contributed by atoms with van der Waals surface area (Å²) in [5, 5.41) is 51.8.